The number of aromatic nitrogens is 4. The second-order valence-electron chi connectivity index (χ2n) is 5.06. The van der Waals surface area contributed by atoms with Crippen molar-refractivity contribution in [3.63, 3.8) is 0 Å². The van der Waals surface area contributed by atoms with Crippen molar-refractivity contribution >= 4 is 11.5 Å². The number of hydrogen-bond donors (Lipinski definition) is 1. The summed E-state index contributed by atoms with van der Waals surface area (Å²) in [5.41, 5.74) is -0.0132. The molecule has 10 heteroatoms. The number of rotatable bonds is 4. The van der Waals surface area contributed by atoms with E-state index < -0.39 is 22.1 Å². The molecule has 0 radical (unpaired) electrons. The van der Waals surface area contributed by atoms with Crippen molar-refractivity contribution in [3.05, 3.63) is 34.5 Å². The van der Waals surface area contributed by atoms with Crippen molar-refractivity contribution in [1.29, 1.82) is 0 Å². The molecular weight excluding hydrogens is 292 g/mol. The summed E-state index contributed by atoms with van der Waals surface area (Å²) in [7, 11) is 3.38. The van der Waals surface area contributed by atoms with Gasteiger partial charge in [-0.25, -0.2) is 4.98 Å². The number of nitrogens with zero attached hydrogens (tertiary/aromatic N) is 6. The van der Waals surface area contributed by atoms with Crippen LogP contribution in [0, 0.1) is 10.1 Å². The summed E-state index contributed by atoms with van der Waals surface area (Å²) >= 11 is 0. The van der Waals surface area contributed by atoms with E-state index in [1.54, 1.807) is 18.8 Å². The summed E-state index contributed by atoms with van der Waals surface area (Å²) in [5, 5.41) is 24.4. The Hall–Kier alpha value is -2.75. The minimum Gasteiger partial charge on any atom is -0.501 e. The summed E-state index contributed by atoms with van der Waals surface area (Å²) < 4.78 is 7.23. The highest BCUT2D eigenvalue weighted by atomic mass is 16.6. The summed E-state index contributed by atoms with van der Waals surface area (Å²) in [6.45, 7) is 0.962. The fraction of sp³-hybridized carbons (Fsp3) is 0.417. The lowest BCUT2D eigenvalue weighted by Gasteiger charge is -2.48. The Labute approximate surface area is 125 Å². The van der Waals surface area contributed by atoms with Gasteiger partial charge >= 0.3 is 5.82 Å². The summed E-state index contributed by atoms with van der Waals surface area (Å²) in [6.07, 6.45) is 2.81. The van der Waals surface area contributed by atoms with Crippen LogP contribution < -0.4 is 4.90 Å². The molecule has 0 saturated carbocycles. The Bertz CT molecular complexity index is 724. The molecule has 22 heavy (non-hydrogen) atoms. The molecule has 1 aliphatic heterocycles. The van der Waals surface area contributed by atoms with Gasteiger partial charge in [-0.05, 0) is 9.91 Å². The number of aromatic hydroxyl groups is 1. The maximum absolute atomic E-state index is 10.7. The minimum atomic E-state index is -0.728. The van der Waals surface area contributed by atoms with Gasteiger partial charge in [0.15, 0.2) is 17.6 Å². The maximum atomic E-state index is 10.7. The molecule has 1 fully saturated rings. The van der Waals surface area contributed by atoms with Crippen LogP contribution in [0.1, 0.15) is 5.82 Å². The Morgan fingerprint density at radius 1 is 1.45 bits per heavy atom. The van der Waals surface area contributed by atoms with E-state index in [1.807, 2.05) is 4.90 Å². The lowest BCUT2D eigenvalue weighted by atomic mass is 9.92. The van der Waals surface area contributed by atoms with Gasteiger partial charge in [-0.3, -0.25) is 4.68 Å². The van der Waals surface area contributed by atoms with Crippen LogP contribution in [0.4, 0.5) is 11.5 Å². The van der Waals surface area contributed by atoms with Crippen LogP contribution in [0.3, 0.4) is 0 Å². The third-order valence-corrected chi connectivity index (χ3v) is 3.77. The molecule has 1 N–H and O–H groups in total. The van der Waals surface area contributed by atoms with Crippen molar-refractivity contribution in [3.8, 4) is 5.75 Å². The number of pyridine rings is 1. The van der Waals surface area contributed by atoms with Crippen LogP contribution in [0.25, 0.3) is 0 Å². The zero-order valence-electron chi connectivity index (χ0n) is 12.0. The van der Waals surface area contributed by atoms with Crippen molar-refractivity contribution < 1.29 is 14.8 Å². The monoisotopic (exact) mass is 306 g/mol. The Kier molecular flexibility index (Phi) is 3.17. The first-order chi connectivity index (χ1) is 10.5. The number of ether oxygens (including phenoxy) is 1. The van der Waals surface area contributed by atoms with Gasteiger partial charge in [0, 0.05) is 20.2 Å². The molecular formula is C12H14N6O4. The molecule has 116 valence electrons. The van der Waals surface area contributed by atoms with Gasteiger partial charge in [0.05, 0.1) is 18.8 Å². The van der Waals surface area contributed by atoms with E-state index in [0.29, 0.717) is 24.6 Å². The Morgan fingerprint density at radius 2 is 2.18 bits per heavy atom. The van der Waals surface area contributed by atoms with Crippen molar-refractivity contribution in [1.82, 2.24) is 19.7 Å². The van der Waals surface area contributed by atoms with E-state index in [-0.39, 0.29) is 0 Å². The smallest absolute Gasteiger partial charge is 0.406 e. The predicted molar refractivity (Wildman–Crippen MR) is 74.5 cm³/mol. The summed E-state index contributed by atoms with van der Waals surface area (Å²) in [5.74, 6) is -0.322. The first-order valence-corrected chi connectivity index (χ1v) is 6.45. The van der Waals surface area contributed by atoms with E-state index >= 15 is 0 Å². The number of methoxy groups -OCH3 is 1. The number of hydrogen-bond acceptors (Lipinski definition) is 8. The highest BCUT2D eigenvalue weighted by Crippen LogP contribution is 2.38. The number of aryl methyl sites for hydroxylation is 1. The van der Waals surface area contributed by atoms with Crippen LogP contribution in [-0.2, 0) is 17.4 Å². The van der Waals surface area contributed by atoms with Gasteiger partial charge in [0.2, 0.25) is 5.75 Å². The molecule has 0 bridgehead atoms. The second-order valence-corrected chi connectivity index (χ2v) is 5.06. The zero-order valence-corrected chi connectivity index (χ0v) is 12.0. The molecule has 1 aliphatic rings. The van der Waals surface area contributed by atoms with Gasteiger partial charge < -0.3 is 24.9 Å². The van der Waals surface area contributed by atoms with E-state index in [0.717, 1.165) is 0 Å². The highest BCUT2D eigenvalue weighted by Gasteiger charge is 2.48. The van der Waals surface area contributed by atoms with Crippen molar-refractivity contribution in [2.24, 2.45) is 7.05 Å². The normalized spacial score (nSPS) is 16.4. The standard InChI is InChI=1S/C12H14N6O4/c1-16-11(14-7-15-16)12(22-2)5-17(6-12)8-3-9(19)10(13-4-8)18(20)21/h3-4,7,19H,5-6H2,1-2H3. The van der Waals surface area contributed by atoms with Gasteiger partial charge in [0.1, 0.15) is 6.33 Å². The number of nitro groups is 1. The SMILES string of the molecule is COC1(c2ncnn2C)CN(c2cnc([N+](=O)[O-])c(O)c2)C1. The number of anilines is 1. The first-order valence-electron chi connectivity index (χ1n) is 6.45. The third-order valence-electron chi connectivity index (χ3n) is 3.77. The molecule has 0 spiro atoms. The van der Waals surface area contributed by atoms with Crippen LogP contribution in [0.5, 0.6) is 5.75 Å². The van der Waals surface area contributed by atoms with Crippen LogP contribution >= 0.6 is 0 Å². The molecule has 0 aliphatic carbocycles. The van der Waals surface area contributed by atoms with Crippen molar-refractivity contribution in [2.45, 2.75) is 5.60 Å². The molecule has 3 rings (SSSR count). The average molecular weight is 306 g/mol. The Balaban J connectivity index is 1.82. The van der Waals surface area contributed by atoms with Gasteiger partial charge in [0.25, 0.3) is 0 Å². The van der Waals surface area contributed by atoms with Crippen LogP contribution in [0.2, 0.25) is 0 Å². The quantitative estimate of drug-likeness (QED) is 0.627. The molecule has 0 atom stereocenters. The average Bonchev–Trinajstić information content (AvgIpc) is 2.85. The predicted octanol–water partition coefficient (Wildman–Crippen LogP) is 0.186. The van der Waals surface area contributed by atoms with E-state index in [2.05, 4.69) is 15.1 Å². The second kappa shape index (κ2) is 4.91. The van der Waals surface area contributed by atoms with Crippen molar-refractivity contribution in [2.75, 3.05) is 25.1 Å². The molecule has 0 unspecified atom stereocenters. The minimum absolute atomic E-state index is 0.462. The molecule has 2 aromatic heterocycles. The summed E-state index contributed by atoms with van der Waals surface area (Å²) in [4.78, 5) is 19.7. The lowest BCUT2D eigenvalue weighted by molar-refractivity contribution is -0.390. The molecule has 10 nitrogen and oxygen atoms in total. The Morgan fingerprint density at radius 3 is 2.68 bits per heavy atom. The zero-order chi connectivity index (χ0) is 15.9. The topological polar surface area (TPSA) is 119 Å². The first kappa shape index (κ1) is 14.2. The highest BCUT2D eigenvalue weighted by molar-refractivity contribution is 5.56. The van der Waals surface area contributed by atoms with Crippen LogP contribution in [-0.4, -0.2) is 50.0 Å². The fourth-order valence-corrected chi connectivity index (χ4v) is 2.57. The van der Waals surface area contributed by atoms with E-state index in [4.69, 9.17) is 4.74 Å². The molecule has 0 aromatic carbocycles. The molecule has 2 aromatic rings. The lowest BCUT2D eigenvalue weighted by Crippen LogP contribution is -2.61. The van der Waals surface area contributed by atoms with E-state index in [1.165, 1.54) is 18.6 Å². The fourth-order valence-electron chi connectivity index (χ4n) is 2.57. The maximum Gasteiger partial charge on any atom is 0.406 e. The van der Waals surface area contributed by atoms with Gasteiger partial charge in [-0.15, -0.1) is 0 Å². The van der Waals surface area contributed by atoms with Crippen LogP contribution in [0.15, 0.2) is 18.6 Å². The third kappa shape index (κ3) is 2.04. The molecule has 1 saturated heterocycles. The summed E-state index contributed by atoms with van der Waals surface area (Å²) in [6, 6.07) is 1.32. The van der Waals surface area contributed by atoms with Gasteiger partial charge in [-0.2, -0.15) is 5.10 Å². The van der Waals surface area contributed by atoms with E-state index in [9.17, 15) is 15.2 Å². The van der Waals surface area contributed by atoms with Gasteiger partial charge in [-0.1, -0.05) is 0 Å². The molecule has 3 heterocycles. The molecule has 0 amide bonds. The largest absolute Gasteiger partial charge is 0.501 e.